The van der Waals surface area contributed by atoms with Crippen molar-refractivity contribution in [3.8, 4) is 17.0 Å². The lowest BCUT2D eigenvalue weighted by Gasteiger charge is -2.39. The van der Waals surface area contributed by atoms with E-state index in [1.807, 2.05) is 4.90 Å². The third-order valence-electron chi connectivity index (χ3n) is 7.82. The van der Waals surface area contributed by atoms with Crippen LogP contribution in [0.2, 0.25) is 5.02 Å². The van der Waals surface area contributed by atoms with E-state index in [9.17, 15) is 27.5 Å². The maximum Gasteiger partial charge on any atom is 0.429 e. The van der Waals surface area contributed by atoms with Gasteiger partial charge < -0.3 is 25.8 Å². The van der Waals surface area contributed by atoms with Gasteiger partial charge in [0.05, 0.1) is 0 Å². The third-order valence-corrected chi connectivity index (χ3v) is 8.05. The van der Waals surface area contributed by atoms with E-state index in [1.165, 1.54) is 49.4 Å². The number of hydrogen-bond acceptors (Lipinski definition) is 7. The highest BCUT2D eigenvalue weighted by molar-refractivity contribution is 6.30. The highest BCUT2D eigenvalue weighted by Crippen LogP contribution is 2.43. The molecule has 0 bridgehead atoms. The number of halogens is 5. The zero-order valence-corrected chi connectivity index (χ0v) is 22.8. The normalized spacial score (nSPS) is 19.4. The predicted octanol–water partition coefficient (Wildman–Crippen LogP) is 5.54. The number of nitrogens with zero attached hydrogens (tertiary/aromatic N) is 3. The quantitative estimate of drug-likeness (QED) is 0.319. The Balaban J connectivity index is 1.42. The maximum absolute atomic E-state index is 14.5. The van der Waals surface area contributed by atoms with E-state index in [0.717, 1.165) is 0 Å². The van der Waals surface area contributed by atoms with E-state index in [4.69, 9.17) is 22.1 Å². The zero-order chi connectivity index (χ0) is 29.5. The van der Waals surface area contributed by atoms with Gasteiger partial charge in [-0.15, -0.1) is 0 Å². The number of aryl methyl sites for hydroxylation is 1. The second-order valence-electron chi connectivity index (χ2n) is 10.6. The topological polar surface area (TPSA) is 114 Å². The first-order valence-corrected chi connectivity index (χ1v) is 13.4. The molecule has 1 unspecified atom stereocenters. The minimum atomic E-state index is -4.86. The van der Waals surface area contributed by atoms with E-state index < -0.39 is 30.1 Å². The molecular formula is C28H28ClF4N5O3. The Morgan fingerprint density at radius 1 is 1.20 bits per heavy atom. The van der Waals surface area contributed by atoms with Crippen molar-refractivity contribution in [2.45, 2.75) is 44.5 Å². The van der Waals surface area contributed by atoms with E-state index in [0.29, 0.717) is 50.3 Å². The Morgan fingerprint density at radius 3 is 2.56 bits per heavy atom. The van der Waals surface area contributed by atoms with Gasteiger partial charge in [0.2, 0.25) is 17.9 Å². The van der Waals surface area contributed by atoms with Crippen molar-refractivity contribution in [1.29, 1.82) is 0 Å². The van der Waals surface area contributed by atoms with Crippen LogP contribution >= 0.6 is 11.6 Å². The number of ether oxygens (including phenoxy) is 1. The highest BCUT2D eigenvalue weighted by atomic mass is 35.5. The van der Waals surface area contributed by atoms with Gasteiger partial charge in [-0.05, 0) is 72.6 Å². The number of benzene rings is 2. The lowest BCUT2D eigenvalue weighted by molar-refractivity contribution is -0.198. The number of aromatic nitrogens is 2. The van der Waals surface area contributed by atoms with Crippen LogP contribution in [-0.2, 0) is 4.79 Å². The van der Waals surface area contributed by atoms with Gasteiger partial charge in [0.25, 0.3) is 0 Å². The summed E-state index contributed by atoms with van der Waals surface area (Å²) in [4.78, 5) is 21.4. The molecule has 218 valence electrons. The van der Waals surface area contributed by atoms with Crippen LogP contribution in [0.3, 0.4) is 0 Å². The smallest absolute Gasteiger partial charge is 0.429 e. The molecule has 4 N–H and O–H groups in total. The Morgan fingerprint density at radius 2 is 1.93 bits per heavy atom. The average Bonchev–Trinajstić information content (AvgIpc) is 3.32. The molecule has 1 spiro atoms. The summed E-state index contributed by atoms with van der Waals surface area (Å²) in [6.45, 7) is 3.13. The third kappa shape index (κ3) is 6.18. The van der Waals surface area contributed by atoms with Crippen LogP contribution in [0.1, 0.15) is 36.5 Å². The Bertz CT molecular complexity index is 1460. The highest BCUT2D eigenvalue weighted by Gasteiger charge is 2.46. The standard InChI is InChI=1S/C28H28ClF4N5O3/c1-15-10-16(2-5-20(15)30)19-11-17(29)3-4-18(19)24(28(31,32)33)41-23-12-22(36-26(34)37-23)38-8-6-27(7-9-38)13-21(25(39)40)35-14-27/h2-5,10-12,21,24,35H,6-9,13-14H2,1H3,(H,39,40)(H2,34,36,37)/t21?,24-/m1/s1. The van der Waals surface area contributed by atoms with Crippen molar-refractivity contribution in [1.82, 2.24) is 15.3 Å². The molecule has 5 rings (SSSR count). The van der Waals surface area contributed by atoms with Gasteiger partial charge in [0.1, 0.15) is 17.7 Å². The molecule has 41 heavy (non-hydrogen) atoms. The van der Waals surface area contributed by atoms with E-state index in [2.05, 4.69) is 15.3 Å². The van der Waals surface area contributed by atoms with Crippen LogP contribution in [0.5, 0.6) is 5.88 Å². The number of carboxylic acid groups (broad SMARTS) is 1. The molecule has 2 aliphatic heterocycles. The molecule has 3 aromatic rings. The molecule has 0 amide bonds. The number of alkyl halides is 3. The Kier molecular flexibility index (Phi) is 7.73. The molecule has 0 radical (unpaired) electrons. The van der Waals surface area contributed by atoms with Crippen molar-refractivity contribution in [3.63, 3.8) is 0 Å². The largest absolute Gasteiger partial charge is 0.480 e. The molecule has 0 aliphatic carbocycles. The number of carbonyl (C=O) groups is 1. The summed E-state index contributed by atoms with van der Waals surface area (Å²) in [7, 11) is 0. The minimum absolute atomic E-state index is 0.136. The van der Waals surface area contributed by atoms with Gasteiger partial charge in [-0.2, -0.15) is 23.1 Å². The molecule has 0 saturated carbocycles. The SMILES string of the molecule is Cc1cc(-c2cc(Cl)ccc2[C@@H](Oc2cc(N3CCC4(CC3)CNC(C(=O)O)C4)nc(N)n2)C(F)(F)F)ccc1F. The summed E-state index contributed by atoms with van der Waals surface area (Å²) in [5, 5.41) is 12.6. The molecule has 3 heterocycles. The van der Waals surface area contributed by atoms with Crippen molar-refractivity contribution in [2.75, 3.05) is 30.3 Å². The number of aliphatic carboxylic acids is 1. The Labute approximate surface area is 238 Å². The van der Waals surface area contributed by atoms with Crippen molar-refractivity contribution in [2.24, 2.45) is 5.41 Å². The number of hydrogen-bond donors (Lipinski definition) is 3. The zero-order valence-electron chi connectivity index (χ0n) is 22.0. The van der Waals surface area contributed by atoms with Crippen LogP contribution < -0.4 is 20.7 Å². The minimum Gasteiger partial charge on any atom is -0.480 e. The molecule has 13 heteroatoms. The van der Waals surface area contributed by atoms with E-state index >= 15 is 0 Å². The number of anilines is 2. The summed E-state index contributed by atoms with van der Waals surface area (Å²) in [5.74, 6) is -1.67. The number of nitrogens with two attached hydrogens (primary N) is 1. The molecule has 2 aromatic carbocycles. The van der Waals surface area contributed by atoms with Gasteiger partial charge in [-0.1, -0.05) is 23.7 Å². The van der Waals surface area contributed by atoms with Crippen LogP contribution in [-0.4, -0.2) is 52.9 Å². The van der Waals surface area contributed by atoms with Crippen LogP contribution in [0.15, 0.2) is 42.5 Å². The van der Waals surface area contributed by atoms with Crippen LogP contribution in [0.4, 0.5) is 29.3 Å². The fraction of sp³-hybridized carbons (Fsp3) is 0.393. The predicted molar refractivity (Wildman–Crippen MR) is 145 cm³/mol. The van der Waals surface area contributed by atoms with E-state index in [1.54, 1.807) is 0 Å². The second kappa shape index (κ2) is 11.0. The number of piperidine rings is 1. The molecule has 2 fully saturated rings. The fourth-order valence-electron chi connectivity index (χ4n) is 5.58. The molecular weight excluding hydrogens is 566 g/mol. The van der Waals surface area contributed by atoms with Gasteiger partial charge in [0, 0.05) is 36.3 Å². The first-order chi connectivity index (χ1) is 19.3. The van der Waals surface area contributed by atoms with E-state index in [-0.39, 0.29) is 39.0 Å². The number of nitrogens with one attached hydrogen (secondary N) is 1. The summed E-state index contributed by atoms with van der Waals surface area (Å²) in [5.41, 5.74) is 6.24. The second-order valence-corrected chi connectivity index (χ2v) is 11.1. The lowest BCUT2D eigenvalue weighted by atomic mass is 9.76. The molecule has 1 aromatic heterocycles. The maximum atomic E-state index is 14.5. The summed E-state index contributed by atoms with van der Waals surface area (Å²) in [6, 6.07) is 8.67. The first kappa shape index (κ1) is 28.9. The molecule has 8 nitrogen and oxygen atoms in total. The van der Waals surface area contributed by atoms with Gasteiger partial charge in [-0.25, -0.2) is 4.39 Å². The lowest BCUT2D eigenvalue weighted by Crippen LogP contribution is -2.41. The number of nitrogen functional groups attached to an aromatic ring is 1. The molecule has 2 saturated heterocycles. The van der Waals surface area contributed by atoms with Crippen molar-refractivity contribution >= 4 is 29.3 Å². The van der Waals surface area contributed by atoms with Crippen molar-refractivity contribution in [3.05, 3.63) is 64.4 Å². The summed E-state index contributed by atoms with van der Waals surface area (Å²) < 4.78 is 62.9. The first-order valence-electron chi connectivity index (χ1n) is 13.0. The summed E-state index contributed by atoms with van der Waals surface area (Å²) >= 11 is 6.14. The molecule has 2 aliphatic rings. The Hall–Kier alpha value is -3.64. The van der Waals surface area contributed by atoms with Gasteiger partial charge in [-0.3, -0.25) is 4.79 Å². The van der Waals surface area contributed by atoms with Crippen LogP contribution in [0.25, 0.3) is 11.1 Å². The van der Waals surface area contributed by atoms with Gasteiger partial charge >= 0.3 is 12.1 Å². The fourth-order valence-corrected chi connectivity index (χ4v) is 5.75. The number of carboxylic acids is 1. The summed E-state index contributed by atoms with van der Waals surface area (Å²) in [6.07, 6.45) is -5.42. The number of rotatable bonds is 6. The van der Waals surface area contributed by atoms with Gasteiger partial charge in [0.15, 0.2) is 0 Å². The van der Waals surface area contributed by atoms with Crippen LogP contribution in [0, 0.1) is 18.2 Å². The monoisotopic (exact) mass is 593 g/mol. The molecule has 2 atom stereocenters. The van der Waals surface area contributed by atoms with Crippen molar-refractivity contribution < 1.29 is 32.2 Å². The average molecular weight is 594 g/mol.